The standard InChI is InChI=1S/C24H22N2O6/c1-29-19-12-10-18(14-22(19)31-3)24(28)32-20-11-9-16(13-21(20)30-2)15-25-26-23(27)17-7-5-4-6-8-17/h4-15H,1-3H3,(H,26,27). The Morgan fingerprint density at radius 3 is 2.09 bits per heavy atom. The van der Waals surface area contributed by atoms with E-state index >= 15 is 0 Å². The number of carbonyl (C=O) groups excluding carboxylic acids is 2. The highest BCUT2D eigenvalue weighted by atomic mass is 16.6. The minimum Gasteiger partial charge on any atom is -0.493 e. The van der Waals surface area contributed by atoms with E-state index in [1.54, 1.807) is 54.6 Å². The number of hydrazone groups is 1. The second kappa shape index (κ2) is 10.6. The largest absolute Gasteiger partial charge is 0.493 e. The molecule has 0 aliphatic rings. The van der Waals surface area contributed by atoms with Crippen LogP contribution in [0.25, 0.3) is 0 Å². The van der Waals surface area contributed by atoms with E-state index in [1.807, 2.05) is 6.07 Å². The number of nitrogens with zero attached hydrogens (tertiary/aromatic N) is 1. The average molecular weight is 434 g/mol. The SMILES string of the molecule is COc1ccc(C(=O)Oc2ccc(C=NNC(=O)c3ccccc3)cc2OC)cc1OC. The Morgan fingerprint density at radius 2 is 1.41 bits per heavy atom. The summed E-state index contributed by atoms with van der Waals surface area (Å²) < 4.78 is 21.2. The highest BCUT2D eigenvalue weighted by molar-refractivity contribution is 5.95. The van der Waals surface area contributed by atoms with E-state index in [9.17, 15) is 9.59 Å². The fourth-order valence-electron chi connectivity index (χ4n) is 2.79. The highest BCUT2D eigenvalue weighted by Crippen LogP contribution is 2.31. The quantitative estimate of drug-likeness (QED) is 0.251. The molecular weight excluding hydrogens is 412 g/mol. The molecule has 8 heteroatoms. The first kappa shape index (κ1) is 22.4. The molecule has 1 amide bonds. The Labute approximate surface area is 185 Å². The maximum Gasteiger partial charge on any atom is 0.343 e. The maximum atomic E-state index is 12.6. The van der Waals surface area contributed by atoms with Gasteiger partial charge >= 0.3 is 5.97 Å². The minimum absolute atomic E-state index is 0.234. The van der Waals surface area contributed by atoms with E-state index in [2.05, 4.69) is 10.5 Å². The molecule has 3 rings (SSSR count). The van der Waals surface area contributed by atoms with E-state index in [0.29, 0.717) is 33.9 Å². The van der Waals surface area contributed by atoms with Gasteiger partial charge in [-0.15, -0.1) is 0 Å². The van der Waals surface area contributed by atoms with Gasteiger partial charge in [-0.1, -0.05) is 18.2 Å². The third-order valence-corrected chi connectivity index (χ3v) is 4.43. The maximum absolute atomic E-state index is 12.6. The molecule has 0 fully saturated rings. The Bertz CT molecular complexity index is 1130. The molecule has 0 heterocycles. The number of carbonyl (C=O) groups is 2. The first-order valence-electron chi connectivity index (χ1n) is 9.56. The molecule has 32 heavy (non-hydrogen) atoms. The van der Waals surface area contributed by atoms with Crippen molar-refractivity contribution in [1.82, 2.24) is 5.43 Å². The number of rotatable bonds is 8. The lowest BCUT2D eigenvalue weighted by molar-refractivity contribution is 0.0729. The molecule has 1 N–H and O–H groups in total. The van der Waals surface area contributed by atoms with Crippen molar-refractivity contribution in [3.63, 3.8) is 0 Å². The molecular formula is C24H22N2O6. The number of benzene rings is 3. The van der Waals surface area contributed by atoms with Gasteiger partial charge in [-0.3, -0.25) is 4.79 Å². The number of hydrogen-bond acceptors (Lipinski definition) is 7. The summed E-state index contributed by atoms with van der Waals surface area (Å²) in [5.74, 6) is 0.577. The Hall–Kier alpha value is -4.33. The van der Waals surface area contributed by atoms with Gasteiger partial charge in [0.2, 0.25) is 0 Å². The third-order valence-electron chi connectivity index (χ3n) is 4.43. The van der Waals surface area contributed by atoms with E-state index in [-0.39, 0.29) is 11.7 Å². The van der Waals surface area contributed by atoms with Crippen LogP contribution in [0, 0.1) is 0 Å². The first-order valence-corrected chi connectivity index (χ1v) is 9.56. The molecule has 0 bridgehead atoms. The van der Waals surface area contributed by atoms with Crippen LogP contribution in [0.5, 0.6) is 23.0 Å². The van der Waals surface area contributed by atoms with E-state index in [1.165, 1.54) is 33.6 Å². The number of hydrogen-bond donors (Lipinski definition) is 1. The van der Waals surface area contributed by atoms with E-state index < -0.39 is 5.97 Å². The Morgan fingerprint density at radius 1 is 0.750 bits per heavy atom. The van der Waals surface area contributed by atoms with Crippen molar-refractivity contribution in [2.45, 2.75) is 0 Å². The number of methoxy groups -OCH3 is 3. The zero-order chi connectivity index (χ0) is 22.9. The summed E-state index contributed by atoms with van der Waals surface area (Å²) in [6, 6.07) is 18.4. The molecule has 0 atom stereocenters. The molecule has 0 aromatic heterocycles. The van der Waals surface area contributed by atoms with Crippen LogP contribution in [0.1, 0.15) is 26.3 Å². The molecule has 0 saturated heterocycles. The first-order chi connectivity index (χ1) is 15.5. The van der Waals surface area contributed by atoms with Gasteiger partial charge in [0, 0.05) is 5.56 Å². The third kappa shape index (κ3) is 5.42. The average Bonchev–Trinajstić information content (AvgIpc) is 2.84. The van der Waals surface area contributed by atoms with Gasteiger partial charge in [0.15, 0.2) is 23.0 Å². The number of nitrogens with one attached hydrogen (secondary N) is 1. The van der Waals surface area contributed by atoms with Crippen LogP contribution in [-0.2, 0) is 0 Å². The van der Waals surface area contributed by atoms with Crippen LogP contribution in [0.15, 0.2) is 71.8 Å². The summed E-state index contributed by atoms with van der Waals surface area (Å²) in [5.41, 5.74) is 3.89. The Kier molecular flexibility index (Phi) is 7.42. The van der Waals surface area contributed by atoms with Crippen molar-refractivity contribution in [2.24, 2.45) is 5.10 Å². The second-order valence-corrected chi connectivity index (χ2v) is 6.43. The van der Waals surface area contributed by atoms with Crippen LogP contribution in [-0.4, -0.2) is 39.4 Å². The second-order valence-electron chi connectivity index (χ2n) is 6.43. The summed E-state index contributed by atoms with van der Waals surface area (Å²) in [5, 5.41) is 3.95. The number of amides is 1. The zero-order valence-corrected chi connectivity index (χ0v) is 17.8. The lowest BCUT2D eigenvalue weighted by Gasteiger charge is -2.11. The molecule has 8 nitrogen and oxygen atoms in total. The molecule has 0 radical (unpaired) electrons. The molecule has 0 aliphatic carbocycles. The van der Waals surface area contributed by atoms with Gasteiger partial charge in [0.25, 0.3) is 5.91 Å². The fourth-order valence-corrected chi connectivity index (χ4v) is 2.79. The van der Waals surface area contributed by atoms with Gasteiger partial charge < -0.3 is 18.9 Å². The van der Waals surface area contributed by atoms with Crippen LogP contribution in [0.2, 0.25) is 0 Å². The summed E-state index contributed by atoms with van der Waals surface area (Å²) in [4.78, 5) is 24.6. The van der Waals surface area contributed by atoms with Gasteiger partial charge in [-0.2, -0.15) is 5.10 Å². The normalized spacial score (nSPS) is 10.5. The predicted octanol–water partition coefficient (Wildman–Crippen LogP) is 3.70. The van der Waals surface area contributed by atoms with Crippen LogP contribution >= 0.6 is 0 Å². The molecule has 0 unspecified atom stereocenters. The van der Waals surface area contributed by atoms with Gasteiger partial charge in [-0.25, -0.2) is 10.2 Å². The summed E-state index contributed by atoms with van der Waals surface area (Å²) in [6.07, 6.45) is 1.46. The topological polar surface area (TPSA) is 95.5 Å². The lowest BCUT2D eigenvalue weighted by atomic mass is 10.2. The Balaban J connectivity index is 1.70. The molecule has 3 aromatic rings. The molecule has 0 spiro atoms. The van der Waals surface area contributed by atoms with Crippen molar-refractivity contribution in [2.75, 3.05) is 21.3 Å². The van der Waals surface area contributed by atoms with E-state index in [4.69, 9.17) is 18.9 Å². The number of ether oxygens (including phenoxy) is 4. The van der Waals surface area contributed by atoms with Gasteiger partial charge in [0.1, 0.15) is 0 Å². The molecule has 3 aromatic carbocycles. The van der Waals surface area contributed by atoms with Crippen LogP contribution < -0.4 is 24.4 Å². The monoisotopic (exact) mass is 434 g/mol. The van der Waals surface area contributed by atoms with Gasteiger partial charge in [0.05, 0.1) is 33.1 Å². The van der Waals surface area contributed by atoms with Crippen LogP contribution in [0.3, 0.4) is 0 Å². The van der Waals surface area contributed by atoms with E-state index in [0.717, 1.165) is 0 Å². The molecule has 164 valence electrons. The minimum atomic E-state index is -0.583. The fraction of sp³-hybridized carbons (Fsp3) is 0.125. The van der Waals surface area contributed by atoms with Gasteiger partial charge in [-0.05, 0) is 54.1 Å². The molecule has 0 saturated carbocycles. The lowest BCUT2D eigenvalue weighted by Crippen LogP contribution is -2.17. The summed E-state index contributed by atoms with van der Waals surface area (Å²) in [7, 11) is 4.46. The molecule has 0 aliphatic heterocycles. The van der Waals surface area contributed by atoms with Crippen molar-refractivity contribution < 1.29 is 28.5 Å². The highest BCUT2D eigenvalue weighted by Gasteiger charge is 2.15. The van der Waals surface area contributed by atoms with Crippen LogP contribution in [0.4, 0.5) is 0 Å². The van der Waals surface area contributed by atoms with Crippen molar-refractivity contribution >= 4 is 18.1 Å². The number of esters is 1. The van der Waals surface area contributed by atoms with Crippen molar-refractivity contribution in [1.29, 1.82) is 0 Å². The van der Waals surface area contributed by atoms with Crippen molar-refractivity contribution in [3.05, 3.63) is 83.4 Å². The summed E-state index contributed by atoms with van der Waals surface area (Å²) in [6.45, 7) is 0. The predicted molar refractivity (Wildman–Crippen MR) is 119 cm³/mol. The smallest absolute Gasteiger partial charge is 0.343 e. The van der Waals surface area contributed by atoms with Crippen molar-refractivity contribution in [3.8, 4) is 23.0 Å². The summed E-state index contributed by atoms with van der Waals surface area (Å²) >= 11 is 0. The zero-order valence-electron chi connectivity index (χ0n) is 17.8.